The van der Waals surface area contributed by atoms with Gasteiger partial charge in [0.15, 0.2) is 0 Å². The molecule has 0 aliphatic rings. The van der Waals surface area contributed by atoms with Crippen LogP contribution in [-0.2, 0) is 25.8 Å². The van der Waals surface area contributed by atoms with E-state index in [-0.39, 0.29) is 12.1 Å². The Morgan fingerprint density at radius 1 is 1.15 bits per heavy atom. The highest BCUT2D eigenvalue weighted by Gasteiger charge is 2.32. The summed E-state index contributed by atoms with van der Waals surface area (Å²) in [6, 6.07) is 7.47. The zero-order valence-electron chi connectivity index (χ0n) is 11.1. The van der Waals surface area contributed by atoms with Crippen LogP contribution in [0.4, 0.5) is 13.2 Å². The third kappa shape index (κ3) is 3.39. The van der Waals surface area contributed by atoms with Crippen LogP contribution in [0.15, 0.2) is 36.5 Å². The number of halogens is 3. The van der Waals surface area contributed by atoms with E-state index in [4.69, 9.17) is 0 Å². The van der Waals surface area contributed by atoms with E-state index in [2.05, 4.69) is 10.4 Å². The van der Waals surface area contributed by atoms with Gasteiger partial charge in [-0.05, 0) is 24.6 Å². The van der Waals surface area contributed by atoms with Crippen LogP contribution in [0.1, 0.15) is 23.7 Å². The summed E-state index contributed by atoms with van der Waals surface area (Å²) in [4.78, 5) is 0. The molecule has 3 nitrogen and oxygen atoms in total. The number of nitrogens with zero attached hydrogens (tertiary/aromatic N) is 2. The molecule has 2 rings (SSSR count). The molecule has 0 saturated heterocycles. The van der Waals surface area contributed by atoms with Crippen LogP contribution in [0.2, 0.25) is 0 Å². The van der Waals surface area contributed by atoms with Crippen molar-refractivity contribution in [2.24, 2.45) is 0 Å². The van der Waals surface area contributed by atoms with Gasteiger partial charge >= 0.3 is 6.18 Å². The van der Waals surface area contributed by atoms with Crippen molar-refractivity contribution in [3.63, 3.8) is 0 Å². The van der Waals surface area contributed by atoms with Crippen molar-refractivity contribution in [2.75, 3.05) is 0 Å². The predicted molar refractivity (Wildman–Crippen MR) is 69.9 cm³/mol. The standard InChI is InChI=1S/C14H16F3N3/c1-2-20-12(7-8-19-20)10-18-9-11-5-3-4-6-13(11)14(15,16)17/h3-8,18H,2,9-10H2,1H3. The molecule has 0 saturated carbocycles. The highest BCUT2D eigenvalue weighted by Crippen LogP contribution is 2.31. The van der Waals surface area contributed by atoms with Crippen molar-refractivity contribution in [1.82, 2.24) is 15.1 Å². The molecule has 0 fully saturated rings. The van der Waals surface area contributed by atoms with Gasteiger partial charge in [0, 0.05) is 25.8 Å². The first-order valence-electron chi connectivity index (χ1n) is 6.39. The van der Waals surface area contributed by atoms with E-state index < -0.39 is 11.7 Å². The number of hydrogen-bond donors (Lipinski definition) is 1. The van der Waals surface area contributed by atoms with Crippen LogP contribution < -0.4 is 5.32 Å². The molecule has 0 unspecified atom stereocenters. The summed E-state index contributed by atoms with van der Waals surface area (Å²) in [6.07, 6.45) is -2.63. The van der Waals surface area contributed by atoms with Crippen LogP contribution in [0.5, 0.6) is 0 Å². The Morgan fingerprint density at radius 2 is 1.90 bits per heavy atom. The number of aryl methyl sites for hydroxylation is 1. The van der Waals surface area contributed by atoms with Crippen LogP contribution in [0, 0.1) is 0 Å². The molecule has 0 aliphatic carbocycles. The highest BCUT2D eigenvalue weighted by molar-refractivity contribution is 5.29. The lowest BCUT2D eigenvalue weighted by atomic mass is 10.1. The van der Waals surface area contributed by atoms with E-state index in [9.17, 15) is 13.2 Å². The number of nitrogens with one attached hydrogen (secondary N) is 1. The lowest BCUT2D eigenvalue weighted by Crippen LogP contribution is -2.19. The molecule has 0 spiro atoms. The van der Waals surface area contributed by atoms with E-state index in [1.165, 1.54) is 12.1 Å². The van der Waals surface area contributed by atoms with Gasteiger partial charge < -0.3 is 5.32 Å². The minimum Gasteiger partial charge on any atom is -0.307 e. The third-order valence-corrected chi connectivity index (χ3v) is 3.05. The van der Waals surface area contributed by atoms with Crippen LogP contribution in [0.25, 0.3) is 0 Å². The molecular formula is C14H16F3N3. The van der Waals surface area contributed by atoms with Crippen LogP contribution in [0.3, 0.4) is 0 Å². The molecule has 0 atom stereocenters. The Labute approximate surface area is 115 Å². The Hall–Kier alpha value is -1.82. The minimum atomic E-state index is -4.32. The SMILES string of the molecule is CCn1nccc1CNCc1ccccc1C(F)(F)F. The molecule has 2 aromatic rings. The van der Waals surface area contributed by atoms with Crippen molar-refractivity contribution in [1.29, 1.82) is 0 Å². The summed E-state index contributed by atoms with van der Waals surface area (Å²) in [6.45, 7) is 3.36. The van der Waals surface area contributed by atoms with Crippen LogP contribution in [-0.4, -0.2) is 9.78 Å². The largest absolute Gasteiger partial charge is 0.416 e. The van der Waals surface area contributed by atoms with E-state index >= 15 is 0 Å². The summed E-state index contributed by atoms with van der Waals surface area (Å²) in [5.41, 5.74) is 0.621. The zero-order chi connectivity index (χ0) is 14.6. The average molecular weight is 283 g/mol. The number of hydrogen-bond acceptors (Lipinski definition) is 2. The van der Waals surface area contributed by atoms with E-state index in [0.717, 1.165) is 18.3 Å². The molecule has 0 radical (unpaired) electrons. The monoisotopic (exact) mass is 283 g/mol. The Kier molecular flexibility index (Phi) is 4.44. The van der Waals surface area contributed by atoms with Gasteiger partial charge in [-0.3, -0.25) is 4.68 Å². The smallest absolute Gasteiger partial charge is 0.307 e. The maximum absolute atomic E-state index is 12.8. The molecule has 6 heteroatoms. The summed E-state index contributed by atoms with van der Waals surface area (Å²) >= 11 is 0. The fraction of sp³-hybridized carbons (Fsp3) is 0.357. The first kappa shape index (κ1) is 14.6. The molecule has 20 heavy (non-hydrogen) atoms. The summed E-state index contributed by atoms with van der Waals surface area (Å²) in [7, 11) is 0. The molecule has 1 N–H and O–H groups in total. The van der Waals surface area contributed by atoms with Crippen molar-refractivity contribution < 1.29 is 13.2 Å². The number of alkyl halides is 3. The zero-order valence-corrected chi connectivity index (χ0v) is 11.1. The predicted octanol–water partition coefficient (Wildman–Crippen LogP) is 3.21. The average Bonchev–Trinajstić information content (AvgIpc) is 2.85. The summed E-state index contributed by atoms with van der Waals surface area (Å²) in [5.74, 6) is 0. The lowest BCUT2D eigenvalue weighted by Gasteiger charge is -2.13. The van der Waals surface area contributed by atoms with Gasteiger partial charge in [-0.1, -0.05) is 18.2 Å². The van der Waals surface area contributed by atoms with Crippen LogP contribution >= 0.6 is 0 Å². The molecule has 1 aromatic heterocycles. The van der Waals surface area contributed by atoms with Gasteiger partial charge in [0.25, 0.3) is 0 Å². The van der Waals surface area contributed by atoms with Gasteiger partial charge in [-0.2, -0.15) is 18.3 Å². The van der Waals surface area contributed by atoms with Crippen molar-refractivity contribution in [2.45, 2.75) is 32.7 Å². The van der Waals surface area contributed by atoms with Gasteiger partial charge in [0.2, 0.25) is 0 Å². The molecule has 108 valence electrons. The van der Waals surface area contributed by atoms with Crippen molar-refractivity contribution in [3.05, 3.63) is 53.3 Å². The Balaban J connectivity index is 2.02. The van der Waals surface area contributed by atoms with E-state index in [0.29, 0.717) is 6.54 Å². The normalized spacial score (nSPS) is 11.8. The number of aromatic nitrogens is 2. The molecule has 0 aliphatic heterocycles. The second-order valence-electron chi connectivity index (χ2n) is 4.40. The molecule has 1 heterocycles. The van der Waals surface area contributed by atoms with Gasteiger partial charge in [-0.25, -0.2) is 0 Å². The fourth-order valence-corrected chi connectivity index (χ4v) is 2.07. The van der Waals surface area contributed by atoms with Crippen molar-refractivity contribution >= 4 is 0 Å². The summed E-state index contributed by atoms with van der Waals surface area (Å²) < 4.78 is 40.3. The van der Waals surface area contributed by atoms with Crippen molar-refractivity contribution in [3.8, 4) is 0 Å². The summed E-state index contributed by atoms with van der Waals surface area (Å²) in [5, 5.41) is 7.14. The molecule has 0 bridgehead atoms. The van der Waals surface area contributed by atoms with Gasteiger partial charge in [0.05, 0.1) is 11.3 Å². The maximum Gasteiger partial charge on any atom is 0.416 e. The fourth-order valence-electron chi connectivity index (χ4n) is 2.07. The lowest BCUT2D eigenvalue weighted by molar-refractivity contribution is -0.138. The number of benzene rings is 1. The van der Waals surface area contributed by atoms with Gasteiger partial charge in [-0.15, -0.1) is 0 Å². The topological polar surface area (TPSA) is 29.9 Å². The quantitative estimate of drug-likeness (QED) is 0.913. The second kappa shape index (κ2) is 6.09. The molecule has 0 amide bonds. The first-order chi connectivity index (χ1) is 9.52. The number of rotatable bonds is 5. The third-order valence-electron chi connectivity index (χ3n) is 3.05. The Morgan fingerprint density at radius 3 is 2.60 bits per heavy atom. The minimum absolute atomic E-state index is 0.171. The van der Waals surface area contributed by atoms with E-state index in [1.807, 2.05) is 17.7 Å². The highest BCUT2D eigenvalue weighted by atomic mass is 19.4. The second-order valence-corrected chi connectivity index (χ2v) is 4.40. The maximum atomic E-state index is 12.8. The van der Waals surface area contributed by atoms with Gasteiger partial charge in [0.1, 0.15) is 0 Å². The van der Waals surface area contributed by atoms with E-state index in [1.54, 1.807) is 12.3 Å². The first-order valence-corrected chi connectivity index (χ1v) is 6.39. The molecule has 1 aromatic carbocycles. The Bertz CT molecular complexity index is 561. The molecular weight excluding hydrogens is 267 g/mol.